The smallest absolute Gasteiger partial charge is 0.0571 e. The maximum absolute atomic E-state index is 11.1. The Hall–Kier alpha value is -0.120. The number of aliphatic hydroxyl groups is 3. The van der Waals surface area contributed by atoms with E-state index < -0.39 is 0 Å². The summed E-state index contributed by atoms with van der Waals surface area (Å²) in [5, 5.41) is 32.3. The highest BCUT2D eigenvalue weighted by Gasteiger charge is 2.52. The summed E-state index contributed by atoms with van der Waals surface area (Å²) in [5.74, 6) is 4.53. The fourth-order valence-corrected chi connectivity index (χ4v) is 7.82. The first-order chi connectivity index (χ1) is 13.1. The van der Waals surface area contributed by atoms with Crippen molar-refractivity contribution in [3.8, 4) is 0 Å². The molecular weight excluding hydrogens is 348 g/mol. The molecule has 0 radical (unpaired) electrons. The third-order valence-electron chi connectivity index (χ3n) is 9.79. The molecule has 12 atom stereocenters. The van der Waals surface area contributed by atoms with Crippen molar-refractivity contribution in [2.24, 2.45) is 59.2 Å². The standard InChI is InChI=1S/C25H46O3/c1-13-11-21(27)15(3)17(5)23(13)25(19-9-7-8-10-20(19)26)24-14(2)12-22(28)16(4)18(24)6/h13-28H,7-12H2,1-6H3. The van der Waals surface area contributed by atoms with Crippen molar-refractivity contribution < 1.29 is 15.3 Å². The van der Waals surface area contributed by atoms with Crippen LogP contribution in [0.2, 0.25) is 0 Å². The molecule has 12 unspecified atom stereocenters. The van der Waals surface area contributed by atoms with E-state index in [1.165, 1.54) is 6.42 Å². The minimum absolute atomic E-state index is 0.179. The molecule has 3 N–H and O–H groups in total. The van der Waals surface area contributed by atoms with Crippen molar-refractivity contribution in [3.63, 3.8) is 0 Å². The molecule has 3 aliphatic rings. The second-order valence-electron chi connectivity index (χ2n) is 11.2. The monoisotopic (exact) mass is 394 g/mol. The van der Waals surface area contributed by atoms with Crippen molar-refractivity contribution in [3.05, 3.63) is 0 Å². The molecule has 0 spiro atoms. The van der Waals surface area contributed by atoms with E-state index in [0.29, 0.717) is 59.2 Å². The molecule has 0 aliphatic heterocycles. The second-order valence-corrected chi connectivity index (χ2v) is 11.2. The molecule has 3 rings (SSSR count). The average molecular weight is 395 g/mol. The molecule has 0 bridgehead atoms. The van der Waals surface area contributed by atoms with E-state index in [9.17, 15) is 15.3 Å². The maximum Gasteiger partial charge on any atom is 0.0571 e. The van der Waals surface area contributed by atoms with Gasteiger partial charge in [0.05, 0.1) is 18.3 Å². The molecule has 164 valence electrons. The molecule has 28 heavy (non-hydrogen) atoms. The Morgan fingerprint density at radius 3 is 1.43 bits per heavy atom. The number of hydrogen-bond donors (Lipinski definition) is 3. The van der Waals surface area contributed by atoms with Gasteiger partial charge < -0.3 is 15.3 Å². The van der Waals surface area contributed by atoms with Crippen LogP contribution in [0.25, 0.3) is 0 Å². The molecule has 3 saturated carbocycles. The highest BCUT2D eigenvalue weighted by molar-refractivity contribution is 5.00. The molecule has 3 aliphatic carbocycles. The Kier molecular flexibility index (Phi) is 7.20. The zero-order valence-corrected chi connectivity index (χ0v) is 19.1. The first kappa shape index (κ1) is 22.6. The van der Waals surface area contributed by atoms with Gasteiger partial charge >= 0.3 is 0 Å². The lowest BCUT2D eigenvalue weighted by atomic mass is 9.50. The van der Waals surface area contributed by atoms with E-state index in [-0.39, 0.29) is 18.3 Å². The van der Waals surface area contributed by atoms with Crippen LogP contribution in [-0.2, 0) is 0 Å². The Morgan fingerprint density at radius 1 is 0.571 bits per heavy atom. The third kappa shape index (κ3) is 4.05. The molecule has 0 amide bonds. The van der Waals surface area contributed by atoms with Gasteiger partial charge in [0.25, 0.3) is 0 Å². The molecule has 0 aromatic heterocycles. The Labute approximate surface area is 173 Å². The Bertz CT molecular complexity index is 474. The summed E-state index contributed by atoms with van der Waals surface area (Å²) < 4.78 is 0. The van der Waals surface area contributed by atoms with Gasteiger partial charge in [-0.15, -0.1) is 0 Å². The van der Waals surface area contributed by atoms with Crippen LogP contribution in [0.5, 0.6) is 0 Å². The lowest BCUT2D eigenvalue weighted by Gasteiger charge is -2.56. The molecule has 3 nitrogen and oxygen atoms in total. The van der Waals surface area contributed by atoms with Gasteiger partial charge in [-0.3, -0.25) is 0 Å². The number of rotatable bonds is 3. The summed E-state index contributed by atoms with van der Waals surface area (Å²) >= 11 is 0. The van der Waals surface area contributed by atoms with Crippen molar-refractivity contribution in [1.82, 2.24) is 0 Å². The molecule has 0 saturated heterocycles. The van der Waals surface area contributed by atoms with E-state index in [1.54, 1.807) is 0 Å². The van der Waals surface area contributed by atoms with Gasteiger partial charge in [0, 0.05) is 0 Å². The lowest BCUT2D eigenvalue weighted by Crippen LogP contribution is -2.53. The SMILES string of the molecule is CC1CC(O)C(C)C(C)C1C(C1CCCCC1O)C1C(C)CC(O)C(C)C1C. The van der Waals surface area contributed by atoms with Crippen molar-refractivity contribution in [2.45, 2.75) is 98.4 Å². The molecule has 3 fully saturated rings. The zero-order valence-electron chi connectivity index (χ0n) is 19.1. The van der Waals surface area contributed by atoms with E-state index in [1.807, 2.05) is 0 Å². The number of aliphatic hydroxyl groups excluding tert-OH is 3. The minimum atomic E-state index is -0.194. The van der Waals surface area contributed by atoms with Crippen LogP contribution in [0.15, 0.2) is 0 Å². The van der Waals surface area contributed by atoms with Gasteiger partial charge in [-0.25, -0.2) is 0 Å². The van der Waals surface area contributed by atoms with Crippen LogP contribution >= 0.6 is 0 Å². The van der Waals surface area contributed by atoms with E-state index in [2.05, 4.69) is 41.5 Å². The maximum atomic E-state index is 11.1. The second kappa shape index (κ2) is 8.94. The Balaban J connectivity index is 2.00. The first-order valence-corrected chi connectivity index (χ1v) is 12.2. The van der Waals surface area contributed by atoms with Crippen molar-refractivity contribution >= 4 is 0 Å². The quantitative estimate of drug-likeness (QED) is 0.648. The van der Waals surface area contributed by atoms with Crippen LogP contribution in [0.4, 0.5) is 0 Å². The highest BCUT2D eigenvalue weighted by Crippen LogP contribution is 2.55. The highest BCUT2D eigenvalue weighted by atomic mass is 16.3. The molecule has 0 aromatic carbocycles. The van der Waals surface area contributed by atoms with Crippen LogP contribution in [0.3, 0.4) is 0 Å². The van der Waals surface area contributed by atoms with Gasteiger partial charge in [0.2, 0.25) is 0 Å². The normalized spacial score (nSPS) is 54.3. The summed E-state index contributed by atoms with van der Waals surface area (Å²) in [6.07, 6.45) is 5.70. The average Bonchev–Trinajstić information content (AvgIpc) is 2.64. The van der Waals surface area contributed by atoms with Gasteiger partial charge in [-0.1, -0.05) is 54.4 Å². The predicted octanol–water partition coefficient (Wildman–Crippen LogP) is 4.73. The molecule has 3 heteroatoms. The summed E-state index contributed by atoms with van der Waals surface area (Å²) in [6.45, 7) is 13.8. The van der Waals surface area contributed by atoms with E-state index in [0.717, 1.165) is 32.1 Å². The van der Waals surface area contributed by atoms with Gasteiger partial charge in [-0.2, -0.15) is 0 Å². The fourth-order valence-electron chi connectivity index (χ4n) is 7.82. The van der Waals surface area contributed by atoms with Gasteiger partial charge in [0.15, 0.2) is 0 Å². The molecular formula is C25H46O3. The third-order valence-corrected chi connectivity index (χ3v) is 9.79. The minimum Gasteiger partial charge on any atom is -0.393 e. The first-order valence-electron chi connectivity index (χ1n) is 12.2. The van der Waals surface area contributed by atoms with Crippen LogP contribution in [-0.4, -0.2) is 33.6 Å². The van der Waals surface area contributed by atoms with Crippen LogP contribution in [0, 0.1) is 59.2 Å². The molecule has 0 aromatic rings. The lowest BCUT2D eigenvalue weighted by molar-refractivity contribution is -0.124. The summed E-state index contributed by atoms with van der Waals surface area (Å²) in [6, 6.07) is 0. The molecule has 0 heterocycles. The van der Waals surface area contributed by atoms with Crippen LogP contribution in [0.1, 0.15) is 80.1 Å². The predicted molar refractivity (Wildman–Crippen MR) is 115 cm³/mol. The van der Waals surface area contributed by atoms with Gasteiger partial charge in [0.1, 0.15) is 0 Å². The van der Waals surface area contributed by atoms with Crippen molar-refractivity contribution in [2.75, 3.05) is 0 Å². The van der Waals surface area contributed by atoms with Crippen LogP contribution < -0.4 is 0 Å². The summed E-state index contributed by atoms with van der Waals surface area (Å²) in [4.78, 5) is 0. The topological polar surface area (TPSA) is 60.7 Å². The fraction of sp³-hybridized carbons (Fsp3) is 1.00. The van der Waals surface area contributed by atoms with E-state index >= 15 is 0 Å². The zero-order chi connectivity index (χ0) is 20.7. The number of hydrogen-bond acceptors (Lipinski definition) is 3. The van der Waals surface area contributed by atoms with E-state index in [4.69, 9.17) is 0 Å². The summed E-state index contributed by atoms with van der Waals surface area (Å²) in [5.41, 5.74) is 0. The van der Waals surface area contributed by atoms with Crippen molar-refractivity contribution in [1.29, 1.82) is 0 Å². The largest absolute Gasteiger partial charge is 0.393 e. The summed E-state index contributed by atoms with van der Waals surface area (Å²) in [7, 11) is 0. The van der Waals surface area contributed by atoms with Gasteiger partial charge in [-0.05, 0) is 84.9 Å². The Morgan fingerprint density at radius 2 is 1.00 bits per heavy atom.